The molecular weight excluding hydrogens is 741 g/mol. The molecule has 7 aliphatic heterocycles. The fourth-order valence-electron chi connectivity index (χ4n) is 9.27. The summed E-state index contributed by atoms with van der Waals surface area (Å²) in [5.74, 6) is 3.56. The lowest BCUT2D eigenvalue weighted by Gasteiger charge is -2.21. The van der Waals surface area contributed by atoms with Crippen molar-refractivity contribution >= 4 is 30.0 Å². The SMILES string of the molecule is CNC(=O)N1C[C@H]2CN(Cc3ccccc3)C[C@H]2C1.CNC(=O)N1C[C@H]2CNC[C@H]2C1.CNC(=O)ON1C(=O)CCC1=O.c1ccc(CN2C[C@H]3CNC[C@H]3C2)cc1. The van der Waals surface area contributed by atoms with Crippen LogP contribution in [0.5, 0.6) is 0 Å². The van der Waals surface area contributed by atoms with E-state index < -0.39 is 17.9 Å². The predicted molar refractivity (Wildman–Crippen MR) is 219 cm³/mol. The van der Waals surface area contributed by atoms with E-state index in [0.717, 1.165) is 77.3 Å². The van der Waals surface area contributed by atoms with Crippen molar-refractivity contribution in [2.24, 2.45) is 35.5 Å². The van der Waals surface area contributed by atoms with Crippen LogP contribution in [0.2, 0.25) is 0 Å². The van der Waals surface area contributed by atoms with E-state index in [1.165, 1.54) is 44.4 Å². The van der Waals surface area contributed by atoms with Gasteiger partial charge in [0.15, 0.2) is 0 Å². The fourth-order valence-corrected chi connectivity index (χ4v) is 9.27. The van der Waals surface area contributed by atoms with Crippen LogP contribution in [0.15, 0.2) is 60.7 Å². The molecule has 0 aromatic heterocycles. The molecule has 0 saturated carbocycles. The molecule has 7 aliphatic rings. The highest BCUT2D eigenvalue weighted by atomic mass is 16.7. The maximum atomic E-state index is 11.6. The second-order valence-electron chi connectivity index (χ2n) is 16.4. The summed E-state index contributed by atoms with van der Waals surface area (Å²) in [7, 11) is 4.74. The monoisotopic (exact) mass is 802 g/mol. The van der Waals surface area contributed by atoms with Crippen LogP contribution in [-0.2, 0) is 27.5 Å². The minimum Gasteiger partial charge on any atom is -0.341 e. The second kappa shape index (κ2) is 20.8. The van der Waals surface area contributed by atoms with Crippen LogP contribution < -0.4 is 26.6 Å². The molecular formula is C42H62N10O6. The molecule has 9 rings (SSSR count). The number of imide groups is 1. The summed E-state index contributed by atoms with van der Waals surface area (Å²) in [6, 6.07) is 21.6. The lowest BCUT2D eigenvalue weighted by molar-refractivity contribution is -0.171. The summed E-state index contributed by atoms with van der Waals surface area (Å²) in [4.78, 5) is 68.5. The molecule has 0 unspecified atom stereocenters. The number of hydrogen-bond acceptors (Lipinski definition) is 10. The number of fused-ring (bicyclic) bond motifs is 3. The largest absolute Gasteiger partial charge is 0.431 e. The molecule has 0 aliphatic carbocycles. The van der Waals surface area contributed by atoms with Gasteiger partial charge < -0.3 is 41.2 Å². The Morgan fingerprint density at radius 1 is 0.552 bits per heavy atom. The minimum atomic E-state index is -0.821. The van der Waals surface area contributed by atoms with Crippen molar-refractivity contribution in [2.75, 3.05) is 99.7 Å². The average molecular weight is 803 g/mol. The van der Waals surface area contributed by atoms with E-state index in [1.807, 2.05) is 9.80 Å². The summed E-state index contributed by atoms with van der Waals surface area (Å²) in [6.07, 6.45) is -0.607. The van der Waals surface area contributed by atoms with Gasteiger partial charge in [0.2, 0.25) is 0 Å². The fraction of sp³-hybridized carbons (Fsp3) is 0.595. The van der Waals surface area contributed by atoms with Crippen LogP contribution in [0, 0.1) is 35.5 Å². The normalized spacial score (nSPS) is 27.0. The second-order valence-corrected chi connectivity index (χ2v) is 16.4. The molecule has 6 atom stereocenters. The van der Waals surface area contributed by atoms with Gasteiger partial charge in [-0.15, -0.1) is 5.06 Å². The summed E-state index contributed by atoms with van der Waals surface area (Å²) >= 11 is 0. The highest BCUT2D eigenvalue weighted by Gasteiger charge is 2.41. The van der Waals surface area contributed by atoms with Crippen molar-refractivity contribution in [3.05, 3.63) is 71.8 Å². The smallest absolute Gasteiger partial charge is 0.341 e. The quantitative estimate of drug-likeness (QED) is 0.280. The van der Waals surface area contributed by atoms with Crippen LogP contribution in [0.25, 0.3) is 0 Å². The average Bonchev–Trinajstić information content (AvgIpc) is 4.10. The van der Waals surface area contributed by atoms with Crippen LogP contribution in [0.4, 0.5) is 14.4 Å². The van der Waals surface area contributed by atoms with Gasteiger partial charge >= 0.3 is 18.2 Å². The first kappa shape index (κ1) is 42.8. The maximum absolute atomic E-state index is 11.6. The van der Waals surface area contributed by atoms with E-state index in [1.54, 1.807) is 14.1 Å². The number of nitrogens with one attached hydrogen (secondary N) is 5. The molecule has 58 heavy (non-hydrogen) atoms. The first-order valence-corrected chi connectivity index (χ1v) is 20.8. The van der Waals surface area contributed by atoms with E-state index in [4.69, 9.17) is 0 Å². The van der Waals surface area contributed by atoms with E-state index in [0.29, 0.717) is 28.7 Å². The molecule has 16 heteroatoms. The predicted octanol–water partition coefficient (Wildman–Crippen LogP) is 1.61. The van der Waals surface area contributed by atoms with Gasteiger partial charge in [-0.2, -0.15) is 0 Å². The van der Waals surface area contributed by atoms with Gasteiger partial charge in [0.05, 0.1) is 0 Å². The Bertz CT molecular complexity index is 1630. The molecule has 2 aromatic rings. The van der Waals surface area contributed by atoms with E-state index in [2.05, 4.69) is 102 Å². The van der Waals surface area contributed by atoms with Crippen LogP contribution >= 0.6 is 0 Å². The third-order valence-corrected chi connectivity index (χ3v) is 12.3. The highest BCUT2D eigenvalue weighted by Crippen LogP contribution is 2.32. The zero-order chi connectivity index (χ0) is 41.0. The van der Waals surface area contributed by atoms with Gasteiger partial charge in [0, 0.05) is 113 Å². The maximum Gasteiger partial charge on any atom is 0.431 e. The Labute approximate surface area is 342 Å². The van der Waals surface area contributed by atoms with Crippen molar-refractivity contribution in [1.29, 1.82) is 0 Å². The van der Waals surface area contributed by atoms with Crippen molar-refractivity contribution in [3.8, 4) is 0 Å². The number of likely N-dealkylation sites (tertiary alicyclic amines) is 4. The Morgan fingerprint density at radius 3 is 1.29 bits per heavy atom. The number of benzene rings is 2. The minimum absolute atomic E-state index is 0.0732. The Balaban J connectivity index is 0.000000133. The van der Waals surface area contributed by atoms with Gasteiger partial charge in [0.1, 0.15) is 0 Å². The molecule has 16 nitrogen and oxygen atoms in total. The van der Waals surface area contributed by atoms with Gasteiger partial charge in [-0.05, 0) is 59.7 Å². The van der Waals surface area contributed by atoms with Crippen molar-refractivity contribution in [3.63, 3.8) is 0 Å². The van der Waals surface area contributed by atoms with Gasteiger partial charge in [-0.3, -0.25) is 19.4 Å². The molecule has 7 heterocycles. The molecule has 7 saturated heterocycles. The van der Waals surface area contributed by atoms with E-state index >= 15 is 0 Å². The lowest BCUT2D eigenvalue weighted by atomic mass is 10.0. The first-order chi connectivity index (χ1) is 28.1. The molecule has 0 spiro atoms. The number of rotatable bonds is 5. The molecule has 0 radical (unpaired) electrons. The number of nitrogens with zero attached hydrogens (tertiary/aromatic N) is 5. The van der Waals surface area contributed by atoms with Crippen LogP contribution in [0.3, 0.4) is 0 Å². The zero-order valence-corrected chi connectivity index (χ0v) is 34.2. The van der Waals surface area contributed by atoms with Gasteiger partial charge in [0.25, 0.3) is 11.8 Å². The summed E-state index contributed by atoms with van der Waals surface area (Å²) in [5, 5.41) is 14.8. The van der Waals surface area contributed by atoms with E-state index in [-0.39, 0.29) is 24.9 Å². The van der Waals surface area contributed by atoms with Crippen molar-refractivity contribution in [2.45, 2.75) is 25.9 Å². The summed E-state index contributed by atoms with van der Waals surface area (Å²) in [6.45, 7) is 15.3. The van der Waals surface area contributed by atoms with Gasteiger partial charge in [-0.25, -0.2) is 14.4 Å². The number of hydroxylamine groups is 2. The third kappa shape index (κ3) is 11.5. The molecule has 7 fully saturated rings. The third-order valence-electron chi connectivity index (χ3n) is 12.3. The summed E-state index contributed by atoms with van der Waals surface area (Å²) < 4.78 is 0. The van der Waals surface area contributed by atoms with Crippen molar-refractivity contribution < 1.29 is 28.8 Å². The topological polar surface area (TPSA) is 171 Å². The Morgan fingerprint density at radius 2 is 0.914 bits per heavy atom. The number of amides is 7. The number of hydrogen-bond donors (Lipinski definition) is 5. The molecule has 0 bridgehead atoms. The molecule has 316 valence electrons. The first-order valence-electron chi connectivity index (χ1n) is 20.8. The molecule has 7 amide bonds. The molecule has 5 N–H and O–H groups in total. The number of carbonyl (C=O) groups is 5. The Hall–Kier alpha value is -4.77. The van der Waals surface area contributed by atoms with Crippen molar-refractivity contribution in [1.82, 2.24) is 51.2 Å². The zero-order valence-electron chi connectivity index (χ0n) is 34.2. The highest BCUT2D eigenvalue weighted by molar-refractivity contribution is 6.01. The van der Waals surface area contributed by atoms with Gasteiger partial charge in [-0.1, -0.05) is 60.7 Å². The number of urea groups is 2. The lowest BCUT2D eigenvalue weighted by Crippen LogP contribution is -2.38. The summed E-state index contributed by atoms with van der Waals surface area (Å²) in [5.41, 5.74) is 2.83. The molecule has 2 aromatic carbocycles. The van der Waals surface area contributed by atoms with E-state index in [9.17, 15) is 24.0 Å². The number of carbonyl (C=O) groups excluding carboxylic acids is 5. The Kier molecular flexibility index (Phi) is 15.3. The van der Waals surface area contributed by atoms with Crippen LogP contribution in [0.1, 0.15) is 24.0 Å². The van der Waals surface area contributed by atoms with Crippen LogP contribution in [-0.4, -0.2) is 154 Å². The standard InChI is InChI=1S/C15H21N3O.C13H18N2.C8H15N3O.C6H8N2O4/c1-16-15(19)18-10-13-8-17(9-14(13)11-18)7-12-5-3-2-4-6-12;1-2-4-11(5-3-1)8-15-9-12-6-14-7-13(12)10-15;1-9-8(12)11-4-6-2-10-3-7(6)5-11;1-7-6(11)12-8-4(9)2-3-5(8)10/h2-6,13-14H,7-11H2,1H3,(H,16,19);1-5,12-14H,6-10H2;6-7,10H,2-5H2,1H3,(H,9,12);2-3H2,1H3,(H,7,11)/t13-,14+;12-,13+;6-,7+;.